The predicted molar refractivity (Wildman–Crippen MR) is 137 cm³/mol. The summed E-state index contributed by atoms with van der Waals surface area (Å²) in [5.41, 5.74) is 1.72. The van der Waals surface area contributed by atoms with Crippen molar-refractivity contribution in [2.45, 2.75) is 26.4 Å². The van der Waals surface area contributed by atoms with Crippen LogP contribution in [0.25, 0.3) is 22.5 Å². The van der Waals surface area contributed by atoms with Crippen molar-refractivity contribution in [3.63, 3.8) is 0 Å². The zero-order valence-electron chi connectivity index (χ0n) is 20.4. The number of nitrogens with one attached hydrogen (secondary N) is 1. The molecule has 37 heavy (non-hydrogen) atoms. The molecule has 0 radical (unpaired) electrons. The fraction of sp³-hybridized carbons (Fsp3) is 0.222. The highest BCUT2D eigenvalue weighted by atomic mass is 19.1. The Morgan fingerprint density at radius 2 is 1.49 bits per heavy atom. The van der Waals surface area contributed by atoms with Crippen LogP contribution in [-0.4, -0.2) is 38.6 Å². The molecule has 0 spiro atoms. The lowest BCUT2D eigenvalue weighted by Crippen LogP contribution is -2.39. The van der Waals surface area contributed by atoms with Gasteiger partial charge in [-0.05, 0) is 74.5 Å². The molecule has 2 aromatic heterocycles. The fourth-order valence-electron chi connectivity index (χ4n) is 3.67. The molecule has 2 aromatic carbocycles. The Balaban J connectivity index is 1.42. The first-order valence-electron chi connectivity index (χ1n) is 11.8. The first-order valence-corrected chi connectivity index (χ1v) is 11.8. The van der Waals surface area contributed by atoms with Crippen molar-refractivity contribution >= 4 is 5.91 Å². The summed E-state index contributed by atoms with van der Waals surface area (Å²) in [7, 11) is 0. The van der Waals surface area contributed by atoms with Crippen molar-refractivity contribution in [2.24, 2.45) is 0 Å². The molecule has 190 valence electrons. The minimum atomic E-state index is -0.909. The summed E-state index contributed by atoms with van der Waals surface area (Å²) >= 11 is 0. The number of hydrogen-bond acceptors (Lipinski definition) is 6. The van der Waals surface area contributed by atoms with E-state index in [2.05, 4.69) is 15.5 Å². The molecule has 1 amide bonds. The van der Waals surface area contributed by atoms with E-state index in [9.17, 15) is 18.8 Å². The van der Waals surface area contributed by atoms with Gasteiger partial charge in [0, 0.05) is 29.8 Å². The van der Waals surface area contributed by atoms with Crippen LogP contribution in [0, 0.1) is 5.82 Å². The molecule has 0 aliphatic rings. The fourth-order valence-corrected chi connectivity index (χ4v) is 3.67. The highest BCUT2D eigenvalue weighted by Crippen LogP contribution is 2.20. The number of halogens is 1. The summed E-state index contributed by atoms with van der Waals surface area (Å²) in [5.74, 6) is -0.0850. The maximum absolute atomic E-state index is 13.2. The lowest BCUT2D eigenvalue weighted by Gasteiger charge is -2.15. The number of benzene rings is 2. The molecule has 4 aromatic rings. The standard InChI is InChI=1S/C27H26FN5O4/c1-3-37-22-10-6-20(7-11-22)23-12-14-25(34)32(30-23)17-16-29-27(36)18(2)33-26(35)15-13-24(31-33)19-4-8-21(28)9-5-19/h4-15,18H,3,16-17H2,1-2H3,(H,29,36). The molecule has 1 N–H and O–H groups in total. The highest BCUT2D eigenvalue weighted by Gasteiger charge is 2.18. The van der Waals surface area contributed by atoms with E-state index < -0.39 is 17.5 Å². The van der Waals surface area contributed by atoms with Crippen LogP contribution in [0.2, 0.25) is 0 Å². The monoisotopic (exact) mass is 503 g/mol. The summed E-state index contributed by atoms with van der Waals surface area (Å²) < 4.78 is 21.0. The number of amides is 1. The first-order chi connectivity index (χ1) is 17.9. The van der Waals surface area contributed by atoms with Crippen molar-refractivity contribution in [3.05, 3.63) is 99.3 Å². The summed E-state index contributed by atoms with van der Waals surface area (Å²) in [6.07, 6.45) is 0. The van der Waals surface area contributed by atoms with Crippen LogP contribution in [0.4, 0.5) is 4.39 Å². The average Bonchev–Trinajstić information content (AvgIpc) is 2.91. The minimum Gasteiger partial charge on any atom is -0.494 e. The SMILES string of the molecule is CCOc1ccc(-c2ccc(=O)n(CCNC(=O)C(C)n3nc(-c4ccc(F)cc4)ccc3=O)n2)cc1. The van der Waals surface area contributed by atoms with Gasteiger partial charge < -0.3 is 10.1 Å². The van der Waals surface area contributed by atoms with Gasteiger partial charge in [-0.15, -0.1) is 0 Å². The Bertz CT molecular complexity index is 1500. The van der Waals surface area contributed by atoms with Crippen molar-refractivity contribution in [3.8, 4) is 28.3 Å². The number of carbonyl (C=O) groups excluding carboxylic acids is 1. The van der Waals surface area contributed by atoms with Crippen LogP contribution in [-0.2, 0) is 11.3 Å². The van der Waals surface area contributed by atoms with Crippen molar-refractivity contribution in [2.75, 3.05) is 13.2 Å². The van der Waals surface area contributed by atoms with Gasteiger partial charge in [-0.3, -0.25) is 14.4 Å². The molecular formula is C27H26FN5O4. The first kappa shape index (κ1) is 25.5. The van der Waals surface area contributed by atoms with Gasteiger partial charge in [-0.1, -0.05) is 0 Å². The molecule has 1 unspecified atom stereocenters. The lowest BCUT2D eigenvalue weighted by atomic mass is 10.1. The quantitative estimate of drug-likeness (QED) is 0.376. The molecule has 0 aliphatic heterocycles. The average molecular weight is 504 g/mol. The van der Waals surface area contributed by atoms with E-state index >= 15 is 0 Å². The third-order valence-electron chi connectivity index (χ3n) is 5.66. The molecule has 2 heterocycles. The van der Waals surface area contributed by atoms with Crippen molar-refractivity contribution in [1.29, 1.82) is 0 Å². The van der Waals surface area contributed by atoms with Gasteiger partial charge in [-0.25, -0.2) is 13.8 Å². The van der Waals surface area contributed by atoms with E-state index in [1.54, 1.807) is 25.1 Å². The van der Waals surface area contributed by atoms with E-state index in [4.69, 9.17) is 4.74 Å². The van der Waals surface area contributed by atoms with E-state index in [1.165, 1.54) is 35.0 Å². The molecule has 1 atom stereocenters. The number of nitrogens with zero attached hydrogens (tertiary/aromatic N) is 4. The maximum Gasteiger partial charge on any atom is 0.267 e. The minimum absolute atomic E-state index is 0.120. The van der Waals surface area contributed by atoms with E-state index in [0.29, 0.717) is 23.6 Å². The van der Waals surface area contributed by atoms with Gasteiger partial charge in [0.1, 0.15) is 17.6 Å². The molecule has 4 rings (SSSR count). The molecule has 9 nitrogen and oxygen atoms in total. The Kier molecular flexibility index (Phi) is 7.87. The summed E-state index contributed by atoms with van der Waals surface area (Å²) in [6, 6.07) is 18.0. The maximum atomic E-state index is 13.2. The third kappa shape index (κ3) is 6.16. The summed E-state index contributed by atoms with van der Waals surface area (Å²) in [5, 5.41) is 11.4. The number of rotatable bonds is 9. The van der Waals surface area contributed by atoms with E-state index in [1.807, 2.05) is 31.2 Å². The highest BCUT2D eigenvalue weighted by molar-refractivity contribution is 5.79. The van der Waals surface area contributed by atoms with Gasteiger partial charge in [0.15, 0.2) is 0 Å². The largest absolute Gasteiger partial charge is 0.494 e. The second-order valence-corrected chi connectivity index (χ2v) is 8.21. The van der Waals surface area contributed by atoms with Crippen LogP contribution in [0.3, 0.4) is 0 Å². The molecule has 10 heteroatoms. The zero-order chi connectivity index (χ0) is 26.4. The van der Waals surface area contributed by atoms with Crippen LogP contribution in [0.5, 0.6) is 5.75 Å². The molecule has 0 fully saturated rings. The topological polar surface area (TPSA) is 108 Å². The second kappa shape index (κ2) is 11.4. The van der Waals surface area contributed by atoms with Crippen molar-refractivity contribution in [1.82, 2.24) is 24.9 Å². The van der Waals surface area contributed by atoms with Crippen LogP contribution in [0.1, 0.15) is 19.9 Å². The number of hydrogen-bond donors (Lipinski definition) is 1. The molecule has 0 aliphatic carbocycles. The molecular weight excluding hydrogens is 477 g/mol. The van der Waals surface area contributed by atoms with Gasteiger partial charge in [0.2, 0.25) is 5.91 Å². The van der Waals surface area contributed by atoms with Crippen LogP contribution in [0.15, 0.2) is 82.4 Å². The van der Waals surface area contributed by atoms with Crippen LogP contribution < -0.4 is 21.2 Å². The summed E-state index contributed by atoms with van der Waals surface area (Å²) in [4.78, 5) is 37.4. The smallest absolute Gasteiger partial charge is 0.267 e. The van der Waals surface area contributed by atoms with Gasteiger partial charge in [0.05, 0.1) is 24.5 Å². The van der Waals surface area contributed by atoms with Gasteiger partial charge >= 0.3 is 0 Å². The predicted octanol–water partition coefficient (Wildman–Crippen LogP) is 3.05. The van der Waals surface area contributed by atoms with Crippen LogP contribution >= 0.6 is 0 Å². The number of aromatic nitrogens is 4. The van der Waals surface area contributed by atoms with Crippen molar-refractivity contribution < 1.29 is 13.9 Å². The normalized spacial score (nSPS) is 11.6. The zero-order valence-corrected chi connectivity index (χ0v) is 20.4. The Hall–Kier alpha value is -4.60. The second-order valence-electron chi connectivity index (χ2n) is 8.21. The number of ether oxygens (including phenoxy) is 1. The Labute approximate surface area is 212 Å². The number of carbonyl (C=O) groups is 1. The summed E-state index contributed by atoms with van der Waals surface area (Å²) in [6.45, 7) is 4.28. The third-order valence-corrected chi connectivity index (χ3v) is 5.66. The van der Waals surface area contributed by atoms with E-state index in [-0.39, 0.29) is 24.5 Å². The lowest BCUT2D eigenvalue weighted by molar-refractivity contribution is -0.124. The van der Waals surface area contributed by atoms with Gasteiger partial charge in [-0.2, -0.15) is 10.2 Å². The molecule has 0 saturated carbocycles. The van der Waals surface area contributed by atoms with E-state index in [0.717, 1.165) is 16.0 Å². The molecule has 0 bridgehead atoms. The Morgan fingerprint density at radius 1 is 0.892 bits per heavy atom. The Morgan fingerprint density at radius 3 is 2.14 bits per heavy atom. The molecule has 0 saturated heterocycles. The van der Waals surface area contributed by atoms with Gasteiger partial charge in [0.25, 0.3) is 11.1 Å².